The van der Waals surface area contributed by atoms with E-state index in [0.717, 1.165) is 12.8 Å². The number of rotatable bonds is 5. The van der Waals surface area contributed by atoms with E-state index in [1.54, 1.807) is 12.3 Å². The average molecular weight is 230 g/mol. The Hall–Kier alpha value is -1.00. The minimum atomic E-state index is -0.161. The zero-order chi connectivity index (χ0) is 11.3. The van der Waals surface area contributed by atoms with E-state index in [4.69, 9.17) is 17.3 Å². The highest BCUT2D eigenvalue weighted by Gasteiger charge is 2.12. The summed E-state index contributed by atoms with van der Waals surface area (Å²) in [4.78, 5) is 14.4. The first-order chi connectivity index (χ1) is 7.17. The lowest BCUT2D eigenvalue weighted by molar-refractivity contribution is 0.0931. The quantitative estimate of drug-likeness (QED) is 0.717. The zero-order valence-corrected chi connectivity index (χ0v) is 9.47. The molecule has 1 amide bonds. The summed E-state index contributed by atoms with van der Waals surface area (Å²) < 4.78 is 0. The second-order valence-electron chi connectivity index (χ2n) is 3.43. The number of H-pyrrole nitrogens is 1. The molecule has 0 radical (unpaired) electrons. The van der Waals surface area contributed by atoms with Crippen LogP contribution >= 0.6 is 11.6 Å². The van der Waals surface area contributed by atoms with Crippen LogP contribution < -0.4 is 11.1 Å². The normalized spacial score (nSPS) is 12.5. The van der Waals surface area contributed by atoms with Crippen molar-refractivity contribution in [2.45, 2.75) is 25.8 Å². The Kier molecular flexibility index (Phi) is 4.65. The summed E-state index contributed by atoms with van der Waals surface area (Å²) in [5.41, 5.74) is 6.01. The highest BCUT2D eigenvalue weighted by Crippen LogP contribution is 2.09. The van der Waals surface area contributed by atoms with Gasteiger partial charge < -0.3 is 16.0 Å². The van der Waals surface area contributed by atoms with E-state index in [9.17, 15) is 4.79 Å². The van der Waals surface area contributed by atoms with Gasteiger partial charge in [-0.3, -0.25) is 4.79 Å². The Morgan fingerprint density at radius 2 is 2.47 bits per heavy atom. The largest absolute Gasteiger partial charge is 0.356 e. The van der Waals surface area contributed by atoms with Crippen LogP contribution in [0.1, 0.15) is 30.3 Å². The van der Waals surface area contributed by atoms with Gasteiger partial charge in [-0.2, -0.15) is 0 Å². The van der Waals surface area contributed by atoms with E-state index in [0.29, 0.717) is 17.3 Å². The topological polar surface area (TPSA) is 70.9 Å². The first kappa shape index (κ1) is 12.1. The number of carbonyl (C=O) groups excluding carboxylic acids is 1. The number of aromatic nitrogens is 1. The molecular weight excluding hydrogens is 214 g/mol. The Bertz CT molecular complexity index is 324. The number of hydrogen-bond donors (Lipinski definition) is 3. The third-order valence-electron chi connectivity index (χ3n) is 2.15. The second kappa shape index (κ2) is 5.78. The van der Waals surface area contributed by atoms with Crippen LogP contribution in [0.3, 0.4) is 0 Å². The van der Waals surface area contributed by atoms with E-state index in [-0.39, 0.29) is 11.9 Å². The second-order valence-corrected chi connectivity index (χ2v) is 3.86. The minimum Gasteiger partial charge on any atom is -0.356 e. The van der Waals surface area contributed by atoms with Crippen LogP contribution in [0.25, 0.3) is 0 Å². The standard InChI is InChI=1S/C10H16ClN3O/c1-2-3-8(5-12)14-10(15)9-4-7(11)6-13-9/h4,6,8,13H,2-3,5,12H2,1H3,(H,14,15). The maximum atomic E-state index is 11.6. The van der Waals surface area contributed by atoms with E-state index in [1.807, 2.05) is 0 Å². The van der Waals surface area contributed by atoms with Crippen molar-refractivity contribution in [2.24, 2.45) is 5.73 Å². The molecule has 15 heavy (non-hydrogen) atoms. The van der Waals surface area contributed by atoms with Crippen molar-refractivity contribution in [2.75, 3.05) is 6.54 Å². The van der Waals surface area contributed by atoms with Gasteiger partial charge in [-0.1, -0.05) is 24.9 Å². The van der Waals surface area contributed by atoms with Gasteiger partial charge in [-0.25, -0.2) is 0 Å². The van der Waals surface area contributed by atoms with Crippen LogP contribution in [0.4, 0.5) is 0 Å². The van der Waals surface area contributed by atoms with Gasteiger partial charge >= 0.3 is 0 Å². The zero-order valence-electron chi connectivity index (χ0n) is 8.72. The van der Waals surface area contributed by atoms with Gasteiger partial charge in [0.2, 0.25) is 0 Å². The molecule has 4 N–H and O–H groups in total. The SMILES string of the molecule is CCCC(CN)NC(=O)c1cc(Cl)c[nH]1. The summed E-state index contributed by atoms with van der Waals surface area (Å²) in [5, 5.41) is 3.37. The molecule has 0 aliphatic carbocycles. The van der Waals surface area contributed by atoms with E-state index >= 15 is 0 Å². The molecule has 1 rings (SSSR count). The fraction of sp³-hybridized carbons (Fsp3) is 0.500. The molecule has 1 unspecified atom stereocenters. The maximum Gasteiger partial charge on any atom is 0.268 e. The van der Waals surface area contributed by atoms with Crippen LogP contribution in [-0.4, -0.2) is 23.5 Å². The third kappa shape index (κ3) is 3.57. The molecule has 1 aromatic rings. The summed E-state index contributed by atoms with van der Waals surface area (Å²) in [5.74, 6) is -0.161. The van der Waals surface area contributed by atoms with Gasteiger partial charge in [-0.15, -0.1) is 0 Å². The number of aromatic amines is 1. The van der Waals surface area contributed by atoms with Gasteiger partial charge in [0, 0.05) is 18.8 Å². The summed E-state index contributed by atoms with van der Waals surface area (Å²) >= 11 is 5.70. The van der Waals surface area contributed by atoms with Crippen LogP contribution in [0.15, 0.2) is 12.3 Å². The van der Waals surface area contributed by atoms with Crippen molar-refractivity contribution in [1.29, 1.82) is 0 Å². The van der Waals surface area contributed by atoms with Gasteiger partial charge in [0.05, 0.1) is 5.02 Å². The molecule has 0 fully saturated rings. The highest BCUT2D eigenvalue weighted by molar-refractivity contribution is 6.30. The molecule has 0 aliphatic rings. The molecule has 1 atom stereocenters. The van der Waals surface area contributed by atoms with Gasteiger partial charge in [-0.05, 0) is 12.5 Å². The lowest BCUT2D eigenvalue weighted by atomic mass is 10.1. The highest BCUT2D eigenvalue weighted by atomic mass is 35.5. The molecule has 1 aromatic heterocycles. The molecule has 0 spiro atoms. The van der Waals surface area contributed by atoms with Crippen molar-refractivity contribution in [1.82, 2.24) is 10.3 Å². The first-order valence-electron chi connectivity index (χ1n) is 5.02. The first-order valence-corrected chi connectivity index (χ1v) is 5.40. The molecule has 4 nitrogen and oxygen atoms in total. The number of hydrogen-bond acceptors (Lipinski definition) is 2. The smallest absolute Gasteiger partial charge is 0.268 e. The van der Waals surface area contributed by atoms with E-state index < -0.39 is 0 Å². The van der Waals surface area contributed by atoms with Gasteiger partial charge in [0.25, 0.3) is 5.91 Å². The van der Waals surface area contributed by atoms with Crippen molar-refractivity contribution < 1.29 is 4.79 Å². The Morgan fingerprint density at radius 3 is 2.93 bits per heavy atom. The Labute approximate surface area is 94.2 Å². The molecule has 0 aliphatic heterocycles. The molecule has 84 valence electrons. The van der Waals surface area contributed by atoms with Crippen molar-refractivity contribution >= 4 is 17.5 Å². The van der Waals surface area contributed by atoms with E-state index in [1.165, 1.54) is 0 Å². The van der Waals surface area contributed by atoms with Crippen molar-refractivity contribution in [3.05, 3.63) is 23.0 Å². The van der Waals surface area contributed by atoms with Crippen molar-refractivity contribution in [3.63, 3.8) is 0 Å². The maximum absolute atomic E-state index is 11.6. The van der Waals surface area contributed by atoms with Gasteiger partial charge in [0.15, 0.2) is 0 Å². The average Bonchev–Trinajstić information content (AvgIpc) is 2.64. The third-order valence-corrected chi connectivity index (χ3v) is 2.37. The number of amides is 1. The number of nitrogens with two attached hydrogens (primary N) is 1. The number of carbonyl (C=O) groups is 1. The summed E-state index contributed by atoms with van der Waals surface area (Å²) in [7, 11) is 0. The van der Waals surface area contributed by atoms with Gasteiger partial charge in [0.1, 0.15) is 5.69 Å². The molecule has 1 heterocycles. The fourth-order valence-electron chi connectivity index (χ4n) is 1.36. The minimum absolute atomic E-state index is 0.0320. The lowest BCUT2D eigenvalue weighted by Gasteiger charge is -2.14. The summed E-state index contributed by atoms with van der Waals surface area (Å²) in [6.07, 6.45) is 3.46. The molecule has 0 aromatic carbocycles. The predicted molar refractivity (Wildman–Crippen MR) is 61.0 cm³/mol. The Morgan fingerprint density at radius 1 is 1.73 bits per heavy atom. The summed E-state index contributed by atoms with van der Waals surface area (Å²) in [6, 6.07) is 1.63. The molecular formula is C10H16ClN3O. The number of halogens is 1. The summed E-state index contributed by atoms with van der Waals surface area (Å²) in [6.45, 7) is 2.51. The van der Waals surface area contributed by atoms with Crippen LogP contribution in [0.2, 0.25) is 5.02 Å². The lowest BCUT2D eigenvalue weighted by Crippen LogP contribution is -2.40. The van der Waals surface area contributed by atoms with Crippen molar-refractivity contribution in [3.8, 4) is 0 Å². The van der Waals surface area contributed by atoms with E-state index in [2.05, 4.69) is 17.2 Å². The molecule has 0 saturated carbocycles. The monoisotopic (exact) mass is 229 g/mol. The number of nitrogens with one attached hydrogen (secondary N) is 2. The molecule has 0 bridgehead atoms. The fourth-order valence-corrected chi connectivity index (χ4v) is 1.52. The predicted octanol–water partition coefficient (Wildman–Crippen LogP) is 1.53. The van der Waals surface area contributed by atoms with Crippen LogP contribution in [0.5, 0.6) is 0 Å². The van der Waals surface area contributed by atoms with Crippen LogP contribution in [-0.2, 0) is 0 Å². The molecule has 0 saturated heterocycles. The Balaban J connectivity index is 2.54. The molecule has 5 heteroatoms. The van der Waals surface area contributed by atoms with Crippen LogP contribution in [0, 0.1) is 0 Å².